The van der Waals surface area contributed by atoms with Crippen LogP contribution in [0.4, 0.5) is 11.9 Å². The lowest BCUT2D eigenvalue weighted by Crippen LogP contribution is -2.10. The van der Waals surface area contributed by atoms with Crippen LogP contribution in [0, 0.1) is 0 Å². The number of aromatic nitrogens is 3. The zero-order chi connectivity index (χ0) is 11.1. The van der Waals surface area contributed by atoms with E-state index in [2.05, 4.69) is 31.8 Å². The second-order valence-corrected chi connectivity index (χ2v) is 3.62. The van der Waals surface area contributed by atoms with Gasteiger partial charge in [0.25, 0.3) is 0 Å². The Labute approximate surface area is 93.3 Å². The maximum atomic E-state index is 4.96. The highest BCUT2D eigenvalue weighted by Gasteiger charge is 2.04. The molecule has 15 heavy (non-hydrogen) atoms. The predicted molar refractivity (Wildman–Crippen MR) is 62.8 cm³/mol. The summed E-state index contributed by atoms with van der Waals surface area (Å²) in [5.41, 5.74) is 0. The first-order valence-electron chi connectivity index (χ1n) is 4.50. The largest absolute Gasteiger partial charge is 0.467 e. The van der Waals surface area contributed by atoms with Gasteiger partial charge in [0, 0.05) is 19.3 Å². The fraction of sp³-hybridized carbons (Fsp3) is 0.625. The SMILES string of the molecule is CNc1nc(NCCSC)nc(OC)n1. The second-order valence-electron chi connectivity index (χ2n) is 2.64. The van der Waals surface area contributed by atoms with Gasteiger partial charge in [0.15, 0.2) is 0 Å². The molecule has 0 radical (unpaired) electrons. The minimum Gasteiger partial charge on any atom is -0.467 e. The van der Waals surface area contributed by atoms with Crippen LogP contribution < -0.4 is 15.4 Å². The van der Waals surface area contributed by atoms with Crippen LogP contribution in [0.25, 0.3) is 0 Å². The molecule has 7 heteroatoms. The molecule has 0 spiro atoms. The molecule has 84 valence electrons. The first kappa shape index (κ1) is 11.8. The van der Waals surface area contributed by atoms with E-state index in [9.17, 15) is 0 Å². The average Bonchev–Trinajstić information content (AvgIpc) is 2.29. The van der Waals surface area contributed by atoms with Crippen molar-refractivity contribution in [1.82, 2.24) is 15.0 Å². The fourth-order valence-electron chi connectivity index (χ4n) is 0.904. The summed E-state index contributed by atoms with van der Waals surface area (Å²) in [5.74, 6) is 2.02. The van der Waals surface area contributed by atoms with Crippen LogP contribution in [0.5, 0.6) is 6.01 Å². The molecule has 0 saturated carbocycles. The molecule has 6 nitrogen and oxygen atoms in total. The zero-order valence-corrected chi connectivity index (χ0v) is 9.89. The monoisotopic (exact) mass is 229 g/mol. The van der Waals surface area contributed by atoms with Gasteiger partial charge in [-0.2, -0.15) is 26.7 Å². The third-order valence-electron chi connectivity index (χ3n) is 1.61. The van der Waals surface area contributed by atoms with Gasteiger partial charge in [-0.15, -0.1) is 0 Å². The average molecular weight is 229 g/mol. The van der Waals surface area contributed by atoms with E-state index in [1.54, 1.807) is 18.8 Å². The number of anilines is 2. The first-order valence-corrected chi connectivity index (χ1v) is 5.90. The number of hydrogen-bond donors (Lipinski definition) is 2. The Hall–Kier alpha value is -1.24. The van der Waals surface area contributed by atoms with Crippen LogP contribution in [0.15, 0.2) is 0 Å². The molecule has 1 aromatic rings. The quantitative estimate of drug-likeness (QED) is 0.695. The van der Waals surface area contributed by atoms with E-state index in [0.29, 0.717) is 17.9 Å². The van der Waals surface area contributed by atoms with Crippen molar-refractivity contribution in [2.45, 2.75) is 0 Å². The predicted octanol–water partition coefficient (Wildman–Crippen LogP) is 0.697. The Balaban J connectivity index is 2.68. The molecule has 1 aromatic heterocycles. The number of nitrogens with one attached hydrogen (secondary N) is 2. The Bertz CT molecular complexity index is 287. The first-order chi connectivity index (χ1) is 7.30. The molecular weight excluding hydrogens is 214 g/mol. The zero-order valence-electron chi connectivity index (χ0n) is 9.07. The Morgan fingerprint density at radius 3 is 2.60 bits per heavy atom. The van der Waals surface area contributed by atoms with E-state index in [4.69, 9.17) is 4.74 Å². The topological polar surface area (TPSA) is 72.0 Å². The molecule has 0 aromatic carbocycles. The molecular formula is C8H15N5OS. The van der Waals surface area contributed by atoms with Crippen LogP contribution in [-0.2, 0) is 0 Å². The summed E-state index contributed by atoms with van der Waals surface area (Å²) in [6.45, 7) is 0.817. The minimum atomic E-state index is 0.306. The molecule has 0 aliphatic rings. The van der Waals surface area contributed by atoms with Crippen LogP contribution in [0.2, 0.25) is 0 Å². The molecule has 0 amide bonds. The second kappa shape index (κ2) is 6.28. The van der Waals surface area contributed by atoms with Gasteiger partial charge in [-0.1, -0.05) is 0 Å². The lowest BCUT2D eigenvalue weighted by atomic mass is 10.7. The summed E-state index contributed by atoms with van der Waals surface area (Å²) in [6, 6.07) is 0.306. The fourth-order valence-corrected chi connectivity index (χ4v) is 1.21. The third-order valence-corrected chi connectivity index (χ3v) is 2.22. The number of nitrogens with zero attached hydrogens (tertiary/aromatic N) is 3. The minimum absolute atomic E-state index is 0.306. The van der Waals surface area contributed by atoms with Crippen molar-refractivity contribution in [3.8, 4) is 6.01 Å². The van der Waals surface area contributed by atoms with Crippen molar-refractivity contribution < 1.29 is 4.74 Å². The number of methoxy groups -OCH3 is 1. The Morgan fingerprint density at radius 1 is 1.27 bits per heavy atom. The van der Waals surface area contributed by atoms with Crippen LogP contribution in [0.1, 0.15) is 0 Å². The summed E-state index contributed by atoms with van der Waals surface area (Å²) in [7, 11) is 3.28. The Kier molecular flexibility index (Phi) is 4.96. The van der Waals surface area contributed by atoms with E-state index >= 15 is 0 Å². The summed E-state index contributed by atoms with van der Waals surface area (Å²) < 4.78 is 4.96. The van der Waals surface area contributed by atoms with Crippen molar-refractivity contribution in [2.24, 2.45) is 0 Å². The van der Waals surface area contributed by atoms with Crippen molar-refractivity contribution in [1.29, 1.82) is 0 Å². The van der Waals surface area contributed by atoms with Crippen molar-refractivity contribution in [2.75, 3.05) is 43.3 Å². The lowest BCUT2D eigenvalue weighted by Gasteiger charge is -2.06. The highest BCUT2D eigenvalue weighted by Crippen LogP contribution is 2.09. The van der Waals surface area contributed by atoms with Crippen molar-refractivity contribution >= 4 is 23.7 Å². The number of rotatable bonds is 6. The molecule has 1 heterocycles. The highest BCUT2D eigenvalue weighted by atomic mass is 32.2. The summed E-state index contributed by atoms with van der Waals surface area (Å²) in [6.07, 6.45) is 2.05. The Morgan fingerprint density at radius 2 is 2.00 bits per heavy atom. The van der Waals surface area contributed by atoms with Crippen molar-refractivity contribution in [3.63, 3.8) is 0 Å². The third kappa shape index (κ3) is 3.78. The molecule has 0 saturated heterocycles. The van der Waals surface area contributed by atoms with Gasteiger partial charge in [-0.3, -0.25) is 0 Å². The molecule has 0 aliphatic carbocycles. The van der Waals surface area contributed by atoms with E-state index < -0.39 is 0 Å². The normalized spacial score (nSPS) is 9.80. The molecule has 1 rings (SSSR count). The van der Waals surface area contributed by atoms with Crippen molar-refractivity contribution in [3.05, 3.63) is 0 Å². The molecule has 2 N–H and O–H groups in total. The van der Waals surface area contributed by atoms with Crippen LogP contribution in [-0.4, -0.2) is 47.7 Å². The van der Waals surface area contributed by atoms with Gasteiger partial charge >= 0.3 is 6.01 Å². The summed E-state index contributed by atoms with van der Waals surface area (Å²) >= 11 is 1.76. The lowest BCUT2D eigenvalue weighted by molar-refractivity contribution is 0.379. The van der Waals surface area contributed by atoms with Crippen LogP contribution >= 0.6 is 11.8 Å². The maximum absolute atomic E-state index is 4.96. The molecule has 0 bridgehead atoms. The van der Waals surface area contributed by atoms with Gasteiger partial charge in [-0.25, -0.2) is 0 Å². The highest BCUT2D eigenvalue weighted by molar-refractivity contribution is 7.98. The molecule has 0 unspecified atom stereocenters. The van der Waals surface area contributed by atoms with Gasteiger partial charge < -0.3 is 15.4 Å². The maximum Gasteiger partial charge on any atom is 0.322 e. The van der Waals surface area contributed by atoms with Gasteiger partial charge in [0.2, 0.25) is 11.9 Å². The summed E-state index contributed by atoms with van der Waals surface area (Å²) in [5, 5.41) is 5.94. The standard InChI is InChI=1S/C8H15N5OS/c1-9-6-11-7(10-4-5-15-3)13-8(12-6)14-2/h4-5H2,1-3H3,(H2,9,10,11,12,13). The van der Waals surface area contributed by atoms with E-state index in [0.717, 1.165) is 12.3 Å². The van der Waals surface area contributed by atoms with E-state index in [-0.39, 0.29) is 0 Å². The molecule has 0 fully saturated rings. The number of thioether (sulfide) groups is 1. The van der Waals surface area contributed by atoms with E-state index in [1.165, 1.54) is 7.11 Å². The van der Waals surface area contributed by atoms with Gasteiger partial charge in [0.1, 0.15) is 0 Å². The number of ether oxygens (including phenoxy) is 1. The molecule has 0 atom stereocenters. The number of hydrogen-bond acceptors (Lipinski definition) is 7. The summed E-state index contributed by atoms with van der Waals surface area (Å²) in [4.78, 5) is 12.2. The van der Waals surface area contributed by atoms with Crippen LogP contribution in [0.3, 0.4) is 0 Å². The molecule has 0 aliphatic heterocycles. The van der Waals surface area contributed by atoms with Gasteiger partial charge in [-0.05, 0) is 6.26 Å². The smallest absolute Gasteiger partial charge is 0.322 e. The van der Waals surface area contributed by atoms with Gasteiger partial charge in [0.05, 0.1) is 7.11 Å². The van der Waals surface area contributed by atoms with E-state index in [1.807, 2.05) is 0 Å².